The molecule has 86 valence electrons. The Balaban J connectivity index is 2.78. The number of ether oxygens (including phenoxy) is 1. The molecule has 0 heterocycles. The summed E-state index contributed by atoms with van der Waals surface area (Å²) in [5, 5.41) is 1.13. The van der Waals surface area contributed by atoms with Crippen molar-refractivity contribution in [1.82, 2.24) is 0 Å². The quantitative estimate of drug-likeness (QED) is 0.393. The van der Waals surface area contributed by atoms with Gasteiger partial charge in [-0.2, -0.15) is 0 Å². The van der Waals surface area contributed by atoms with Crippen LogP contribution in [0.25, 0.3) is 0 Å². The van der Waals surface area contributed by atoms with E-state index in [0.29, 0.717) is 0 Å². The Hall–Kier alpha value is 0.440. The Bertz CT molecular complexity index is 84.3. The summed E-state index contributed by atoms with van der Waals surface area (Å²) in [6.45, 7) is 4.18. The maximum absolute atomic E-state index is 5.55. The average Bonchev–Trinajstić information content (AvgIpc) is 2.21. The van der Waals surface area contributed by atoms with Crippen LogP contribution in [0.4, 0.5) is 0 Å². The Labute approximate surface area is 97.7 Å². The van der Waals surface area contributed by atoms with Gasteiger partial charge in [-0.25, -0.2) is 0 Å². The van der Waals surface area contributed by atoms with Crippen LogP contribution in [0.3, 0.4) is 0 Å². The van der Waals surface area contributed by atoms with Gasteiger partial charge in [0.05, 0.1) is 0 Å². The molecule has 0 saturated heterocycles. The van der Waals surface area contributed by atoms with Crippen LogP contribution in [0.1, 0.15) is 58.3 Å². The van der Waals surface area contributed by atoms with E-state index in [4.69, 9.17) is 4.74 Å². The zero-order chi connectivity index (χ0) is 10.5. The molecule has 0 unspecified atom stereocenters. The van der Waals surface area contributed by atoms with Gasteiger partial charge in [0.1, 0.15) is 0 Å². The molecular formula is C12H25BrO. The summed E-state index contributed by atoms with van der Waals surface area (Å²) in [7, 11) is 0. The molecule has 0 amide bonds. The van der Waals surface area contributed by atoms with E-state index in [9.17, 15) is 0 Å². The molecule has 0 aliphatic rings. The predicted octanol–water partition coefficient (Wildman–Crippen LogP) is 4.54. The van der Waals surface area contributed by atoms with Crippen LogP contribution in [0.5, 0.6) is 0 Å². The van der Waals surface area contributed by atoms with Gasteiger partial charge in [0.2, 0.25) is 0 Å². The highest BCUT2D eigenvalue weighted by Crippen LogP contribution is 2.03. The van der Waals surface area contributed by atoms with Crippen molar-refractivity contribution in [2.45, 2.75) is 58.3 Å². The number of rotatable bonds is 11. The smallest absolute Gasteiger partial charge is 0.0466 e. The molecule has 0 spiro atoms. The molecule has 0 aromatic heterocycles. The molecule has 0 fully saturated rings. The van der Waals surface area contributed by atoms with Crippen molar-refractivity contribution in [3.05, 3.63) is 0 Å². The summed E-state index contributed by atoms with van der Waals surface area (Å²) in [6.07, 6.45) is 10.5. The lowest BCUT2D eigenvalue weighted by molar-refractivity contribution is 0.126. The lowest BCUT2D eigenvalue weighted by Gasteiger charge is -2.03. The van der Waals surface area contributed by atoms with Crippen molar-refractivity contribution in [3.8, 4) is 0 Å². The van der Waals surface area contributed by atoms with Crippen molar-refractivity contribution < 1.29 is 4.74 Å². The lowest BCUT2D eigenvalue weighted by Crippen LogP contribution is -1.97. The van der Waals surface area contributed by atoms with Crippen LogP contribution in [0, 0.1) is 0 Å². The SMILES string of the molecule is CCCCCCCOCCCCCBr. The molecule has 0 aliphatic heterocycles. The molecule has 0 N–H and O–H groups in total. The summed E-state index contributed by atoms with van der Waals surface area (Å²) >= 11 is 3.43. The van der Waals surface area contributed by atoms with Crippen molar-refractivity contribution in [2.75, 3.05) is 18.5 Å². The fourth-order valence-corrected chi connectivity index (χ4v) is 1.78. The van der Waals surface area contributed by atoms with Gasteiger partial charge in [0, 0.05) is 18.5 Å². The molecule has 0 atom stereocenters. The molecule has 0 bridgehead atoms. The summed E-state index contributed by atoms with van der Waals surface area (Å²) in [4.78, 5) is 0. The van der Waals surface area contributed by atoms with E-state index in [-0.39, 0.29) is 0 Å². The Morgan fingerprint density at radius 2 is 1.36 bits per heavy atom. The van der Waals surface area contributed by atoms with Gasteiger partial charge in [0.25, 0.3) is 0 Å². The largest absolute Gasteiger partial charge is 0.381 e. The second kappa shape index (κ2) is 13.4. The van der Waals surface area contributed by atoms with Gasteiger partial charge in [-0.1, -0.05) is 55.0 Å². The Morgan fingerprint density at radius 3 is 1.93 bits per heavy atom. The molecule has 1 nitrogen and oxygen atoms in total. The minimum absolute atomic E-state index is 0.959. The zero-order valence-electron chi connectivity index (χ0n) is 9.56. The molecule has 14 heavy (non-hydrogen) atoms. The third-order valence-electron chi connectivity index (χ3n) is 2.31. The zero-order valence-corrected chi connectivity index (χ0v) is 11.2. The summed E-state index contributed by atoms with van der Waals surface area (Å²) in [5.41, 5.74) is 0. The van der Waals surface area contributed by atoms with E-state index in [0.717, 1.165) is 18.5 Å². The van der Waals surface area contributed by atoms with E-state index in [1.54, 1.807) is 0 Å². The van der Waals surface area contributed by atoms with Gasteiger partial charge >= 0.3 is 0 Å². The van der Waals surface area contributed by atoms with Gasteiger partial charge in [-0.05, 0) is 19.3 Å². The third-order valence-corrected chi connectivity index (χ3v) is 2.88. The highest BCUT2D eigenvalue weighted by molar-refractivity contribution is 9.09. The first-order valence-corrected chi connectivity index (χ1v) is 7.17. The normalized spacial score (nSPS) is 10.7. The first-order valence-electron chi connectivity index (χ1n) is 6.05. The van der Waals surface area contributed by atoms with Crippen molar-refractivity contribution in [2.24, 2.45) is 0 Å². The molecule has 0 aromatic carbocycles. The van der Waals surface area contributed by atoms with Crippen LogP contribution in [-0.2, 0) is 4.74 Å². The standard InChI is InChI=1S/C12H25BrO/c1-2-3-4-5-8-11-14-12-9-6-7-10-13/h2-12H2,1H3. The maximum Gasteiger partial charge on any atom is 0.0466 e. The van der Waals surface area contributed by atoms with Gasteiger partial charge in [-0.15, -0.1) is 0 Å². The molecule has 0 radical (unpaired) electrons. The first kappa shape index (κ1) is 14.4. The van der Waals surface area contributed by atoms with E-state index in [2.05, 4.69) is 22.9 Å². The highest BCUT2D eigenvalue weighted by atomic mass is 79.9. The monoisotopic (exact) mass is 264 g/mol. The van der Waals surface area contributed by atoms with E-state index < -0.39 is 0 Å². The summed E-state index contributed by atoms with van der Waals surface area (Å²) in [6, 6.07) is 0. The second-order valence-corrected chi connectivity index (χ2v) is 4.57. The number of halogens is 1. The second-order valence-electron chi connectivity index (χ2n) is 3.78. The molecular weight excluding hydrogens is 240 g/mol. The maximum atomic E-state index is 5.55. The molecule has 0 aliphatic carbocycles. The number of unbranched alkanes of at least 4 members (excludes halogenated alkanes) is 6. The van der Waals surface area contributed by atoms with Gasteiger partial charge in [-0.3, -0.25) is 0 Å². The van der Waals surface area contributed by atoms with E-state index in [1.165, 1.54) is 51.4 Å². The molecule has 0 aromatic rings. The fourth-order valence-electron chi connectivity index (χ4n) is 1.39. The van der Waals surface area contributed by atoms with Crippen molar-refractivity contribution >= 4 is 15.9 Å². The van der Waals surface area contributed by atoms with Crippen LogP contribution < -0.4 is 0 Å². The van der Waals surface area contributed by atoms with Crippen molar-refractivity contribution in [3.63, 3.8) is 0 Å². The molecule has 0 saturated carbocycles. The minimum atomic E-state index is 0.959. The average molecular weight is 265 g/mol. The van der Waals surface area contributed by atoms with Crippen LogP contribution in [0.2, 0.25) is 0 Å². The fraction of sp³-hybridized carbons (Fsp3) is 1.00. The number of alkyl halides is 1. The summed E-state index contributed by atoms with van der Waals surface area (Å²) < 4.78 is 5.55. The number of hydrogen-bond donors (Lipinski definition) is 0. The van der Waals surface area contributed by atoms with Crippen molar-refractivity contribution in [1.29, 1.82) is 0 Å². The van der Waals surface area contributed by atoms with Crippen LogP contribution >= 0.6 is 15.9 Å². The van der Waals surface area contributed by atoms with Gasteiger partial charge in [0.15, 0.2) is 0 Å². The first-order chi connectivity index (χ1) is 6.91. The highest BCUT2D eigenvalue weighted by Gasteiger charge is 1.91. The Morgan fingerprint density at radius 1 is 0.786 bits per heavy atom. The van der Waals surface area contributed by atoms with Crippen LogP contribution in [0.15, 0.2) is 0 Å². The topological polar surface area (TPSA) is 9.23 Å². The van der Waals surface area contributed by atoms with E-state index in [1.807, 2.05) is 0 Å². The molecule has 2 heteroatoms. The Kier molecular flexibility index (Phi) is 13.9. The minimum Gasteiger partial charge on any atom is -0.381 e. The van der Waals surface area contributed by atoms with Crippen LogP contribution in [-0.4, -0.2) is 18.5 Å². The lowest BCUT2D eigenvalue weighted by atomic mass is 10.2. The number of hydrogen-bond acceptors (Lipinski definition) is 1. The molecule has 0 rings (SSSR count). The third kappa shape index (κ3) is 12.4. The van der Waals surface area contributed by atoms with E-state index >= 15 is 0 Å². The predicted molar refractivity (Wildman–Crippen MR) is 67.2 cm³/mol. The summed E-state index contributed by atoms with van der Waals surface area (Å²) in [5.74, 6) is 0. The van der Waals surface area contributed by atoms with Gasteiger partial charge < -0.3 is 4.74 Å².